The summed E-state index contributed by atoms with van der Waals surface area (Å²) in [6.45, 7) is 2.38. The summed E-state index contributed by atoms with van der Waals surface area (Å²) in [5.41, 5.74) is 3.47. The van der Waals surface area contributed by atoms with Gasteiger partial charge in [-0.3, -0.25) is 15.0 Å². The zero-order valence-corrected chi connectivity index (χ0v) is 17.1. The highest BCUT2D eigenvalue weighted by molar-refractivity contribution is 5.94. The number of hydrogen-bond donors (Lipinski definition) is 2. The van der Waals surface area contributed by atoms with Crippen molar-refractivity contribution in [2.45, 2.75) is 13.5 Å². The number of halogens is 2. The molecule has 1 aliphatic heterocycles. The highest BCUT2D eigenvalue weighted by Crippen LogP contribution is 2.41. The Morgan fingerprint density at radius 3 is 2.71 bits per heavy atom. The molecule has 2 aromatic heterocycles. The van der Waals surface area contributed by atoms with Crippen molar-refractivity contribution in [2.24, 2.45) is 7.05 Å². The monoisotopic (exact) mass is 423 g/mol. The standard InChI is InChI=1S/C22H19F2N5O2/c1-11-25-20-17(29(11)3)6-5-13(21(20)31-18-7-4-12(23)8-15(18)24)14-9-28(2)10-16-19(14)22(30)27-26-16/h4-9H,10H2,1-3H3,(H2,26,27,30). The SMILES string of the molecule is Cc1nc2c(Oc3ccc(F)cc3F)c(C3=CN(C)Cc4[nH][nH]c(=O)c43)ccc2n1C. The fraction of sp³-hybridized carbons (Fsp3) is 0.182. The second-order valence-electron chi connectivity index (χ2n) is 7.60. The van der Waals surface area contributed by atoms with Gasteiger partial charge < -0.3 is 14.2 Å². The molecule has 2 N–H and O–H groups in total. The molecule has 31 heavy (non-hydrogen) atoms. The molecule has 0 bridgehead atoms. The van der Waals surface area contributed by atoms with Crippen LogP contribution in [0.4, 0.5) is 8.78 Å². The van der Waals surface area contributed by atoms with E-state index in [0.717, 1.165) is 29.2 Å². The number of aryl methyl sites for hydroxylation is 2. The topological polar surface area (TPSA) is 78.9 Å². The number of aromatic nitrogens is 4. The fourth-order valence-corrected chi connectivity index (χ4v) is 3.92. The van der Waals surface area contributed by atoms with E-state index in [2.05, 4.69) is 15.2 Å². The van der Waals surface area contributed by atoms with E-state index in [1.165, 1.54) is 6.07 Å². The fourth-order valence-electron chi connectivity index (χ4n) is 3.92. The van der Waals surface area contributed by atoms with Gasteiger partial charge in [-0.25, -0.2) is 13.8 Å². The van der Waals surface area contributed by atoms with Crippen LogP contribution in [0.2, 0.25) is 0 Å². The average molecular weight is 423 g/mol. The predicted octanol–water partition coefficient (Wildman–Crippen LogP) is 3.80. The maximum atomic E-state index is 14.4. The van der Waals surface area contributed by atoms with E-state index >= 15 is 0 Å². The number of fused-ring (bicyclic) bond motifs is 2. The second kappa shape index (κ2) is 6.83. The van der Waals surface area contributed by atoms with E-state index in [0.29, 0.717) is 34.5 Å². The Bertz CT molecular complexity index is 1430. The van der Waals surface area contributed by atoms with Gasteiger partial charge in [0, 0.05) is 37.5 Å². The number of nitrogens with one attached hydrogen (secondary N) is 2. The zero-order chi connectivity index (χ0) is 21.9. The molecule has 0 amide bonds. The van der Waals surface area contributed by atoms with Gasteiger partial charge in [-0.1, -0.05) is 0 Å². The Balaban J connectivity index is 1.78. The van der Waals surface area contributed by atoms with Crippen molar-refractivity contribution in [1.82, 2.24) is 24.6 Å². The maximum Gasteiger partial charge on any atom is 0.272 e. The lowest BCUT2D eigenvalue weighted by Crippen LogP contribution is -2.20. The largest absolute Gasteiger partial charge is 0.451 e. The lowest BCUT2D eigenvalue weighted by Gasteiger charge is -2.23. The Labute approximate surface area is 175 Å². The molecule has 0 fully saturated rings. The molecule has 3 heterocycles. The number of nitrogens with zero attached hydrogens (tertiary/aromatic N) is 3. The molecule has 0 saturated heterocycles. The summed E-state index contributed by atoms with van der Waals surface area (Å²) in [6, 6.07) is 6.83. The van der Waals surface area contributed by atoms with Crippen LogP contribution >= 0.6 is 0 Å². The van der Waals surface area contributed by atoms with Crippen LogP contribution in [0.1, 0.15) is 22.6 Å². The van der Waals surface area contributed by atoms with Gasteiger partial charge in [-0.15, -0.1) is 0 Å². The van der Waals surface area contributed by atoms with Crippen LogP contribution in [0.25, 0.3) is 16.6 Å². The van der Waals surface area contributed by atoms with E-state index in [9.17, 15) is 13.6 Å². The molecule has 0 atom stereocenters. The Kier molecular flexibility index (Phi) is 4.21. The number of rotatable bonds is 3. The zero-order valence-electron chi connectivity index (χ0n) is 17.1. The maximum absolute atomic E-state index is 14.4. The summed E-state index contributed by atoms with van der Waals surface area (Å²) in [6.07, 6.45) is 1.84. The van der Waals surface area contributed by atoms with E-state index < -0.39 is 11.6 Å². The summed E-state index contributed by atoms with van der Waals surface area (Å²) in [4.78, 5) is 19.1. The molecule has 0 spiro atoms. The van der Waals surface area contributed by atoms with Crippen LogP contribution in [-0.4, -0.2) is 31.7 Å². The quantitative estimate of drug-likeness (QED) is 0.525. The van der Waals surface area contributed by atoms with Crippen LogP contribution in [0.3, 0.4) is 0 Å². The normalized spacial score (nSPS) is 13.5. The van der Waals surface area contributed by atoms with Crippen LogP contribution in [0.15, 0.2) is 41.3 Å². The van der Waals surface area contributed by atoms with Crippen molar-refractivity contribution in [2.75, 3.05) is 7.05 Å². The van der Waals surface area contributed by atoms with Crippen molar-refractivity contribution >= 4 is 16.6 Å². The van der Waals surface area contributed by atoms with Gasteiger partial charge in [-0.05, 0) is 31.2 Å². The molecule has 7 nitrogen and oxygen atoms in total. The molecule has 1 aliphatic rings. The van der Waals surface area contributed by atoms with Crippen molar-refractivity contribution in [1.29, 1.82) is 0 Å². The number of ether oxygens (including phenoxy) is 1. The van der Waals surface area contributed by atoms with Gasteiger partial charge in [0.2, 0.25) is 0 Å². The van der Waals surface area contributed by atoms with E-state index in [-0.39, 0.29) is 11.3 Å². The number of benzene rings is 2. The second-order valence-corrected chi connectivity index (χ2v) is 7.60. The van der Waals surface area contributed by atoms with E-state index in [4.69, 9.17) is 4.74 Å². The Morgan fingerprint density at radius 1 is 1.13 bits per heavy atom. The van der Waals surface area contributed by atoms with Gasteiger partial charge >= 0.3 is 0 Å². The van der Waals surface area contributed by atoms with Crippen molar-refractivity contribution in [3.8, 4) is 11.5 Å². The molecule has 0 unspecified atom stereocenters. The first kappa shape index (κ1) is 19.1. The molecule has 0 radical (unpaired) electrons. The number of hydrogen-bond acceptors (Lipinski definition) is 4. The summed E-state index contributed by atoms with van der Waals surface area (Å²) in [5, 5.41) is 5.53. The third kappa shape index (κ3) is 3.00. The van der Waals surface area contributed by atoms with Gasteiger partial charge in [0.15, 0.2) is 17.3 Å². The summed E-state index contributed by atoms with van der Waals surface area (Å²) < 4.78 is 35.7. The number of imidazole rings is 1. The summed E-state index contributed by atoms with van der Waals surface area (Å²) in [7, 11) is 3.76. The van der Waals surface area contributed by atoms with Crippen LogP contribution < -0.4 is 10.3 Å². The third-order valence-electron chi connectivity index (χ3n) is 5.51. The van der Waals surface area contributed by atoms with Crippen molar-refractivity contribution < 1.29 is 13.5 Å². The summed E-state index contributed by atoms with van der Waals surface area (Å²) in [5.74, 6) is -0.625. The average Bonchev–Trinajstić information content (AvgIpc) is 3.23. The van der Waals surface area contributed by atoms with E-state index in [1.807, 2.05) is 48.8 Å². The van der Waals surface area contributed by atoms with Gasteiger partial charge in [0.25, 0.3) is 5.56 Å². The minimum atomic E-state index is -0.828. The number of aromatic amines is 2. The molecule has 5 rings (SSSR count). The molecular weight excluding hydrogens is 404 g/mol. The summed E-state index contributed by atoms with van der Waals surface area (Å²) >= 11 is 0. The lowest BCUT2D eigenvalue weighted by molar-refractivity contribution is 0.434. The molecular formula is C22H19F2N5O2. The van der Waals surface area contributed by atoms with Gasteiger partial charge in [0.1, 0.15) is 17.2 Å². The highest BCUT2D eigenvalue weighted by atomic mass is 19.1. The van der Waals surface area contributed by atoms with Crippen LogP contribution in [0.5, 0.6) is 11.5 Å². The third-order valence-corrected chi connectivity index (χ3v) is 5.51. The lowest BCUT2D eigenvalue weighted by atomic mass is 9.95. The smallest absolute Gasteiger partial charge is 0.272 e. The highest BCUT2D eigenvalue weighted by Gasteiger charge is 2.27. The molecule has 0 saturated carbocycles. The molecule has 9 heteroatoms. The first-order valence-electron chi connectivity index (χ1n) is 9.64. The molecule has 2 aromatic carbocycles. The van der Waals surface area contributed by atoms with Gasteiger partial charge in [0.05, 0.1) is 23.3 Å². The van der Waals surface area contributed by atoms with E-state index in [1.54, 1.807) is 0 Å². The molecule has 4 aromatic rings. The first-order valence-corrected chi connectivity index (χ1v) is 9.64. The van der Waals surface area contributed by atoms with Crippen LogP contribution in [-0.2, 0) is 13.6 Å². The molecule has 0 aliphatic carbocycles. The van der Waals surface area contributed by atoms with Crippen molar-refractivity contribution in [3.63, 3.8) is 0 Å². The Morgan fingerprint density at radius 2 is 1.94 bits per heavy atom. The van der Waals surface area contributed by atoms with Gasteiger partial charge in [-0.2, -0.15) is 0 Å². The predicted molar refractivity (Wildman–Crippen MR) is 112 cm³/mol. The minimum Gasteiger partial charge on any atom is -0.451 e. The Hall–Kier alpha value is -3.88. The first-order chi connectivity index (χ1) is 14.8. The van der Waals surface area contributed by atoms with Crippen molar-refractivity contribution in [3.05, 3.63) is 81.2 Å². The minimum absolute atomic E-state index is 0.133. The number of H-pyrrole nitrogens is 2. The molecule has 158 valence electrons. The van der Waals surface area contributed by atoms with Crippen LogP contribution in [0, 0.1) is 18.6 Å².